The van der Waals surface area contributed by atoms with E-state index < -0.39 is 0 Å². The zero-order valence-electron chi connectivity index (χ0n) is 12.3. The summed E-state index contributed by atoms with van der Waals surface area (Å²) in [6.07, 6.45) is 1.09. The maximum absolute atomic E-state index is 4.20. The molecule has 20 heavy (non-hydrogen) atoms. The van der Waals surface area contributed by atoms with Crippen LogP contribution in [0, 0.1) is 0 Å². The van der Waals surface area contributed by atoms with Crippen molar-refractivity contribution >= 4 is 28.2 Å². The van der Waals surface area contributed by atoms with Crippen LogP contribution >= 0.6 is 23.1 Å². The van der Waals surface area contributed by atoms with Crippen molar-refractivity contribution in [3.63, 3.8) is 0 Å². The van der Waals surface area contributed by atoms with E-state index in [4.69, 9.17) is 0 Å². The van der Waals surface area contributed by atoms with Gasteiger partial charge in [-0.15, -0.1) is 10.2 Å². The van der Waals surface area contributed by atoms with Crippen LogP contribution in [-0.4, -0.2) is 31.3 Å². The van der Waals surface area contributed by atoms with Crippen LogP contribution in [-0.2, 0) is 0 Å². The molecule has 0 aliphatic carbocycles. The molecule has 108 valence electrons. The summed E-state index contributed by atoms with van der Waals surface area (Å²) < 4.78 is 0.974. The maximum atomic E-state index is 4.20. The normalized spacial score (nSPS) is 12.4. The van der Waals surface area contributed by atoms with Crippen LogP contribution in [0.1, 0.15) is 24.9 Å². The molecule has 1 unspecified atom stereocenters. The molecule has 1 aromatic carbocycles. The summed E-state index contributed by atoms with van der Waals surface area (Å²) in [5.41, 5.74) is 1.32. The van der Waals surface area contributed by atoms with E-state index in [1.54, 1.807) is 23.1 Å². The first-order chi connectivity index (χ1) is 9.63. The van der Waals surface area contributed by atoms with Crippen molar-refractivity contribution in [1.82, 2.24) is 15.5 Å². The molecule has 0 amide bonds. The van der Waals surface area contributed by atoms with Gasteiger partial charge in [0.25, 0.3) is 0 Å². The molecule has 0 bridgehead atoms. The third-order valence-electron chi connectivity index (χ3n) is 3.02. The van der Waals surface area contributed by atoms with Crippen LogP contribution in [0.3, 0.4) is 0 Å². The molecule has 1 atom stereocenters. The Hall–Kier alpha value is -1.11. The number of hydrogen-bond acceptors (Lipinski definition) is 6. The molecule has 0 fully saturated rings. The summed E-state index contributed by atoms with van der Waals surface area (Å²) in [4.78, 5) is 3.17. The highest BCUT2D eigenvalue weighted by Gasteiger charge is 2.09. The van der Waals surface area contributed by atoms with E-state index >= 15 is 0 Å². The second kappa shape index (κ2) is 7.06. The van der Waals surface area contributed by atoms with Crippen molar-refractivity contribution in [2.75, 3.05) is 26.0 Å². The predicted octanol–water partition coefficient (Wildman–Crippen LogP) is 3.43. The maximum Gasteiger partial charge on any atom is 0.208 e. The van der Waals surface area contributed by atoms with Gasteiger partial charge in [-0.3, -0.25) is 0 Å². The predicted molar refractivity (Wildman–Crippen MR) is 86.9 cm³/mol. The molecule has 0 aliphatic rings. The Morgan fingerprint density at radius 3 is 2.45 bits per heavy atom. The van der Waals surface area contributed by atoms with Crippen molar-refractivity contribution in [2.24, 2.45) is 0 Å². The summed E-state index contributed by atoms with van der Waals surface area (Å²) in [6, 6.07) is 9.09. The van der Waals surface area contributed by atoms with Gasteiger partial charge in [-0.25, -0.2) is 0 Å². The van der Waals surface area contributed by atoms with Gasteiger partial charge in [0.15, 0.2) is 4.34 Å². The van der Waals surface area contributed by atoms with E-state index in [0.29, 0.717) is 6.04 Å². The third-order valence-corrected chi connectivity index (χ3v) is 5.17. The number of aromatic nitrogens is 2. The Bertz CT molecular complexity index is 532. The fraction of sp³-hybridized carbons (Fsp3) is 0.429. The van der Waals surface area contributed by atoms with Crippen LogP contribution < -0.4 is 10.2 Å². The molecule has 2 rings (SSSR count). The van der Waals surface area contributed by atoms with E-state index in [-0.39, 0.29) is 0 Å². The van der Waals surface area contributed by atoms with Gasteiger partial charge in [-0.1, -0.05) is 42.2 Å². The van der Waals surface area contributed by atoms with Crippen LogP contribution in [0.15, 0.2) is 33.5 Å². The second-order valence-electron chi connectivity index (χ2n) is 4.67. The van der Waals surface area contributed by atoms with E-state index in [1.165, 1.54) is 10.5 Å². The van der Waals surface area contributed by atoms with Gasteiger partial charge < -0.3 is 10.2 Å². The lowest BCUT2D eigenvalue weighted by molar-refractivity contribution is 0.576. The quantitative estimate of drug-likeness (QED) is 0.885. The number of nitrogens with zero attached hydrogens (tertiary/aromatic N) is 3. The first-order valence-corrected chi connectivity index (χ1v) is 8.23. The van der Waals surface area contributed by atoms with Crippen molar-refractivity contribution in [3.8, 4) is 0 Å². The lowest BCUT2D eigenvalue weighted by Gasteiger charge is -2.14. The zero-order valence-corrected chi connectivity index (χ0v) is 13.9. The summed E-state index contributed by atoms with van der Waals surface area (Å²) >= 11 is 3.27. The van der Waals surface area contributed by atoms with Crippen molar-refractivity contribution < 1.29 is 0 Å². The van der Waals surface area contributed by atoms with E-state index in [0.717, 1.165) is 15.9 Å². The van der Waals surface area contributed by atoms with E-state index in [9.17, 15) is 0 Å². The van der Waals surface area contributed by atoms with Crippen molar-refractivity contribution in [2.45, 2.75) is 28.6 Å². The zero-order chi connectivity index (χ0) is 14.5. The van der Waals surface area contributed by atoms with Gasteiger partial charge in [-0.2, -0.15) is 0 Å². The van der Waals surface area contributed by atoms with Gasteiger partial charge in [0.1, 0.15) is 0 Å². The Labute approximate surface area is 128 Å². The molecule has 0 radical (unpaired) electrons. The Kier molecular flexibility index (Phi) is 5.39. The van der Waals surface area contributed by atoms with Crippen LogP contribution in [0.2, 0.25) is 0 Å². The highest BCUT2D eigenvalue weighted by molar-refractivity contribution is 8.01. The molecule has 0 saturated carbocycles. The fourth-order valence-corrected chi connectivity index (χ4v) is 3.64. The molecule has 1 aromatic heterocycles. The summed E-state index contributed by atoms with van der Waals surface area (Å²) in [6.45, 7) is 2.19. The highest BCUT2D eigenvalue weighted by Crippen LogP contribution is 2.33. The molecular weight excluding hydrogens is 288 g/mol. The van der Waals surface area contributed by atoms with Crippen molar-refractivity contribution in [1.29, 1.82) is 0 Å². The largest absolute Gasteiger partial charge is 0.353 e. The van der Waals surface area contributed by atoms with Gasteiger partial charge >= 0.3 is 0 Å². The Balaban J connectivity index is 2.06. The average Bonchev–Trinajstić information content (AvgIpc) is 2.91. The molecule has 2 aromatic rings. The van der Waals surface area contributed by atoms with Crippen LogP contribution in [0.4, 0.5) is 5.13 Å². The Morgan fingerprint density at radius 1 is 1.25 bits per heavy atom. The molecule has 1 N–H and O–H groups in total. The Morgan fingerprint density at radius 2 is 1.95 bits per heavy atom. The molecule has 6 heteroatoms. The number of benzene rings is 1. The molecule has 1 heterocycles. The lowest BCUT2D eigenvalue weighted by Crippen LogP contribution is -2.14. The standard InChI is InChI=1S/C14H20N4S2/c1-5-12(15-2)10-6-8-11(9-7-10)19-14-17-16-13(20-14)18(3)4/h6-9,12,15H,5H2,1-4H3. The topological polar surface area (TPSA) is 41.1 Å². The average molecular weight is 308 g/mol. The fourth-order valence-electron chi connectivity index (χ4n) is 1.90. The second-order valence-corrected chi connectivity index (χ2v) is 6.94. The van der Waals surface area contributed by atoms with Crippen LogP contribution in [0.25, 0.3) is 0 Å². The molecule has 0 spiro atoms. The first-order valence-electron chi connectivity index (χ1n) is 6.60. The van der Waals surface area contributed by atoms with Crippen LogP contribution in [0.5, 0.6) is 0 Å². The summed E-state index contributed by atoms with van der Waals surface area (Å²) in [5, 5.41) is 12.6. The number of rotatable bonds is 6. The SMILES string of the molecule is CCC(NC)c1ccc(Sc2nnc(N(C)C)s2)cc1. The monoisotopic (exact) mass is 308 g/mol. The minimum absolute atomic E-state index is 0.427. The van der Waals surface area contributed by atoms with Gasteiger partial charge in [0.05, 0.1) is 0 Å². The van der Waals surface area contributed by atoms with E-state index in [1.807, 2.05) is 26.0 Å². The lowest BCUT2D eigenvalue weighted by atomic mass is 10.1. The molecule has 4 nitrogen and oxygen atoms in total. The minimum Gasteiger partial charge on any atom is -0.353 e. The van der Waals surface area contributed by atoms with Gasteiger partial charge in [0.2, 0.25) is 5.13 Å². The minimum atomic E-state index is 0.427. The summed E-state index contributed by atoms with van der Waals surface area (Å²) in [7, 11) is 5.96. The molecular formula is C14H20N4S2. The number of hydrogen-bond donors (Lipinski definition) is 1. The third kappa shape index (κ3) is 3.71. The number of nitrogens with one attached hydrogen (secondary N) is 1. The molecule has 0 saturated heterocycles. The number of anilines is 1. The van der Waals surface area contributed by atoms with Gasteiger partial charge in [0, 0.05) is 25.0 Å². The van der Waals surface area contributed by atoms with Gasteiger partial charge in [-0.05, 0) is 31.2 Å². The smallest absolute Gasteiger partial charge is 0.208 e. The van der Waals surface area contributed by atoms with Crippen molar-refractivity contribution in [3.05, 3.63) is 29.8 Å². The summed E-state index contributed by atoms with van der Waals surface area (Å²) in [5.74, 6) is 0. The first kappa shape index (κ1) is 15.3. The van der Waals surface area contributed by atoms with E-state index in [2.05, 4.69) is 46.7 Å². The highest BCUT2D eigenvalue weighted by atomic mass is 32.2. The molecule has 0 aliphatic heterocycles.